The van der Waals surface area contributed by atoms with Gasteiger partial charge in [-0.15, -0.1) is 0 Å². The average molecular weight is 379 g/mol. The molecule has 1 rings (SSSR count). The molecule has 27 heavy (non-hydrogen) atoms. The Morgan fingerprint density at radius 3 is 1.30 bits per heavy atom. The monoisotopic (exact) mass is 378 g/mol. The Labute approximate surface area is 166 Å². The van der Waals surface area contributed by atoms with Gasteiger partial charge in [0.25, 0.3) is 0 Å². The molecule has 0 bridgehead atoms. The number of hydrogen-bond donors (Lipinski definition) is 4. The second-order valence-corrected chi connectivity index (χ2v) is 8.50. The summed E-state index contributed by atoms with van der Waals surface area (Å²) in [6, 6.07) is 5.84. The van der Waals surface area contributed by atoms with Crippen molar-refractivity contribution in [2.45, 2.75) is 91.9 Å². The second kappa shape index (κ2) is 12.3. The van der Waals surface area contributed by atoms with Gasteiger partial charge in [-0.05, 0) is 67.5 Å². The van der Waals surface area contributed by atoms with Crippen LogP contribution in [0.15, 0.2) is 24.5 Å². The Kier molecular flexibility index (Phi) is 10.8. The normalized spacial score (nSPS) is 12.4. The molecule has 0 amide bonds. The number of hydrogen-bond acceptors (Lipinski definition) is 6. The van der Waals surface area contributed by atoms with Crippen LogP contribution in [0.1, 0.15) is 55.4 Å². The largest absolute Gasteiger partial charge is 0.366 e. The van der Waals surface area contributed by atoms with Crippen molar-refractivity contribution in [2.75, 3.05) is 18.0 Å². The maximum absolute atomic E-state index is 4.19. The average Bonchev–Trinajstić information content (AvgIpc) is 2.52. The van der Waals surface area contributed by atoms with Crippen LogP contribution >= 0.6 is 0 Å². The Balaban J connectivity index is 2.99. The third-order valence-corrected chi connectivity index (χ3v) is 3.97. The lowest BCUT2D eigenvalue weighted by atomic mass is 10.2. The number of nitrogens with one attached hydrogen (secondary N) is 4. The molecule has 0 aromatic carbocycles. The summed E-state index contributed by atoms with van der Waals surface area (Å²) >= 11 is 0. The van der Waals surface area contributed by atoms with Gasteiger partial charge >= 0.3 is 0 Å². The Morgan fingerprint density at radius 1 is 0.667 bits per heavy atom. The summed E-state index contributed by atoms with van der Waals surface area (Å²) in [7, 11) is 0. The fourth-order valence-corrected chi connectivity index (χ4v) is 3.20. The van der Waals surface area contributed by atoms with Crippen molar-refractivity contribution in [3.05, 3.63) is 24.5 Å². The van der Waals surface area contributed by atoms with Crippen LogP contribution < -0.4 is 26.2 Å². The van der Waals surface area contributed by atoms with E-state index in [9.17, 15) is 0 Å². The summed E-state index contributed by atoms with van der Waals surface area (Å²) < 4.78 is 0. The first kappa shape index (κ1) is 23.8. The number of nitrogens with zero attached hydrogens (tertiary/aromatic N) is 2. The van der Waals surface area contributed by atoms with Crippen LogP contribution in [-0.2, 0) is 0 Å². The zero-order valence-electron chi connectivity index (χ0n) is 18.6. The van der Waals surface area contributed by atoms with Crippen molar-refractivity contribution in [2.24, 2.45) is 0 Å². The quantitative estimate of drug-likeness (QED) is 0.396. The molecule has 0 aliphatic rings. The maximum atomic E-state index is 4.19. The summed E-state index contributed by atoms with van der Waals surface area (Å²) in [4.78, 5) is 6.61. The number of anilines is 1. The lowest BCUT2D eigenvalue weighted by Gasteiger charge is -2.36. The first-order valence-corrected chi connectivity index (χ1v) is 10.4. The van der Waals surface area contributed by atoms with Crippen LogP contribution in [0.4, 0.5) is 5.69 Å². The summed E-state index contributed by atoms with van der Waals surface area (Å²) in [6.45, 7) is 19.3. The zero-order chi connectivity index (χ0) is 20.4. The Hall–Kier alpha value is -1.21. The highest BCUT2D eigenvalue weighted by molar-refractivity contribution is 5.45. The highest BCUT2D eigenvalue weighted by atomic mass is 15.3. The zero-order valence-corrected chi connectivity index (χ0v) is 18.6. The van der Waals surface area contributed by atoms with E-state index in [-0.39, 0.29) is 12.3 Å². The van der Waals surface area contributed by atoms with E-state index in [0.29, 0.717) is 24.2 Å². The molecule has 0 fully saturated rings. The molecule has 1 heterocycles. The lowest BCUT2D eigenvalue weighted by Crippen LogP contribution is -2.59. The standard InChI is InChI=1S/C21H42N6/c1-15(2)23-20(24-16(3)4)13-27(19-9-11-22-12-10-19)14-21(25-17(5)6)26-18(7)8/h9-12,15-18,20-21,23-26H,13-14H2,1-8H3. The second-order valence-electron chi connectivity index (χ2n) is 8.50. The van der Waals surface area contributed by atoms with Gasteiger partial charge in [-0.1, -0.05) is 0 Å². The third-order valence-electron chi connectivity index (χ3n) is 3.97. The first-order valence-electron chi connectivity index (χ1n) is 10.4. The minimum absolute atomic E-state index is 0.205. The fourth-order valence-electron chi connectivity index (χ4n) is 3.20. The number of pyridine rings is 1. The lowest BCUT2D eigenvalue weighted by molar-refractivity contribution is 0.338. The molecule has 4 N–H and O–H groups in total. The van der Waals surface area contributed by atoms with Gasteiger partial charge in [0.1, 0.15) is 0 Å². The Morgan fingerprint density at radius 2 is 1.00 bits per heavy atom. The predicted octanol–water partition coefficient (Wildman–Crippen LogP) is 2.53. The molecule has 0 atom stereocenters. The van der Waals surface area contributed by atoms with Crippen LogP contribution in [0.2, 0.25) is 0 Å². The molecule has 0 radical (unpaired) electrons. The van der Waals surface area contributed by atoms with Crippen molar-refractivity contribution in [1.82, 2.24) is 26.3 Å². The molecule has 0 unspecified atom stereocenters. The molecular weight excluding hydrogens is 336 g/mol. The molecule has 1 aromatic rings. The predicted molar refractivity (Wildman–Crippen MR) is 117 cm³/mol. The van der Waals surface area contributed by atoms with Crippen LogP contribution in [0, 0.1) is 0 Å². The van der Waals surface area contributed by atoms with Gasteiger partial charge < -0.3 is 4.90 Å². The van der Waals surface area contributed by atoms with Crippen LogP contribution in [0.3, 0.4) is 0 Å². The minimum Gasteiger partial charge on any atom is -0.366 e. The first-order chi connectivity index (χ1) is 12.7. The van der Waals surface area contributed by atoms with Gasteiger partial charge in [-0.25, -0.2) is 0 Å². The van der Waals surface area contributed by atoms with Crippen molar-refractivity contribution >= 4 is 5.69 Å². The van der Waals surface area contributed by atoms with E-state index in [4.69, 9.17) is 0 Å². The topological polar surface area (TPSA) is 64.2 Å². The van der Waals surface area contributed by atoms with Gasteiger partial charge in [0.05, 0.1) is 12.3 Å². The minimum atomic E-state index is 0.205. The highest BCUT2D eigenvalue weighted by Crippen LogP contribution is 2.13. The van der Waals surface area contributed by atoms with Crippen LogP contribution in [0.5, 0.6) is 0 Å². The fraction of sp³-hybridized carbons (Fsp3) is 0.762. The van der Waals surface area contributed by atoms with Gasteiger partial charge in [0.2, 0.25) is 0 Å². The van der Waals surface area contributed by atoms with E-state index in [0.717, 1.165) is 13.1 Å². The van der Waals surface area contributed by atoms with Crippen LogP contribution in [-0.4, -0.2) is 54.6 Å². The van der Waals surface area contributed by atoms with Gasteiger partial charge in [0.15, 0.2) is 0 Å². The summed E-state index contributed by atoms with van der Waals surface area (Å²) in [5, 5.41) is 14.6. The Bertz CT molecular complexity index is 443. The van der Waals surface area contributed by atoms with Crippen LogP contribution in [0.25, 0.3) is 0 Å². The SMILES string of the molecule is CC(C)NC(CN(CC(NC(C)C)NC(C)C)c1ccncc1)NC(C)C. The summed E-state index contributed by atoms with van der Waals surface area (Å²) in [6.07, 6.45) is 4.14. The van der Waals surface area contributed by atoms with Crippen molar-refractivity contribution in [3.8, 4) is 0 Å². The summed E-state index contributed by atoms with van der Waals surface area (Å²) in [5.41, 5.74) is 1.19. The van der Waals surface area contributed by atoms with Gasteiger partial charge in [-0.2, -0.15) is 0 Å². The smallest absolute Gasteiger partial charge is 0.0756 e. The molecule has 6 heteroatoms. The van der Waals surface area contributed by atoms with Gasteiger partial charge in [0, 0.05) is 55.3 Å². The molecule has 1 aromatic heterocycles. The number of rotatable bonds is 13. The molecule has 0 aliphatic carbocycles. The van der Waals surface area contributed by atoms with E-state index >= 15 is 0 Å². The van der Waals surface area contributed by atoms with E-state index in [1.807, 2.05) is 12.4 Å². The van der Waals surface area contributed by atoms with Crippen molar-refractivity contribution in [1.29, 1.82) is 0 Å². The molecule has 0 saturated heterocycles. The molecule has 0 saturated carbocycles. The van der Waals surface area contributed by atoms with Crippen molar-refractivity contribution < 1.29 is 0 Å². The molecule has 156 valence electrons. The van der Waals surface area contributed by atoms with E-state index < -0.39 is 0 Å². The summed E-state index contributed by atoms with van der Waals surface area (Å²) in [5.74, 6) is 0. The number of aromatic nitrogens is 1. The molecule has 0 spiro atoms. The molecular formula is C21H42N6. The maximum Gasteiger partial charge on any atom is 0.0756 e. The van der Waals surface area contributed by atoms with E-state index in [1.165, 1.54) is 5.69 Å². The van der Waals surface area contributed by atoms with E-state index in [1.54, 1.807) is 0 Å². The molecule has 0 aliphatic heterocycles. The van der Waals surface area contributed by atoms with E-state index in [2.05, 4.69) is 98.7 Å². The highest BCUT2D eigenvalue weighted by Gasteiger charge is 2.20. The van der Waals surface area contributed by atoms with Gasteiger partial charge in [-0.3, -0.25) is 26.3 Å². The van der Waals surface area contributed by atoms with Crippen molar-refractivity contribution in [3.63, 3.8) is 0 Å². The molecule has 6 nitrogen and oxygen atoms in total. The third kappa shape index (κ3) is 10.6.